The van der Waals surface area contributed by atoms with Crippen LogP contribution in [0, 0.1) is 0 Å². The van der Waals surface area contributed by atoms with Gasteiger partial charge in [0.25, 0.3) is 0 Å². The maximum Gasteiger partial charge on any atom is 0.152 e. The van der Waals surface area contributed by atoms with Gasteiger partial charge in [-0.25, -0.2) is 0 Å². The second-order valence-corrected chi connectivity index (χ2v) is 4.55. The van der Waals surface area contributed by atoms with E-state index in [4.69, 9.17) is 9.47 Å². The maximum absolute atomic E-state index is 5.32. The van der Waals surface area contributed by atoms with E-state index < -0.39 is 0 Å². The van der Waals surface area contributed by atoms with Crippen LogP contribution in [0.15, 0.2) is 24.3 Å². The molecule has 0 atom stereocenters. The molecule has 0 aliphatic rings. The third kappa shape index (κ3) is 2.99. The minimum absolute atomic E-state index is 0.412. The number of hydrogen-bond donors (Lipinski definition) is 2. The topological polar surface area (TPSA) is 59.2 Å². The molecule has 0 saturated heterocycles. The number of methoxy groups -OCH3 is 2. The summed E-state index contributed by atoms with van der Waals surface area (Å²) in [5.41, 5.74) is 1.91. The van der Waals surface area contributed by atoms with Crippen LogP contribution in [-0.2, 0) is 0 Å². The fraction of sp³-hybridized carbons (Fsp3) is 0.357. The molecule has 0 unspecified atom stereocenters. The highest BCUT2D eigenvalue weighted by molar-refractivity contribution is 5.66. The molecule has 1 heterocycles. The fourth-order valence-corrected chi connectivity index (χ4v) is 1.75. The third-order valence-electron chi connectivity index (χ3n) is 2.89. The zero-order valence-corrected chi connectivity index (χ0v) is 11.7. The van der Waals surface area contributed by atoms with Gasteiger partial charge >= 0.3 is 0 Å². The number of ether oxygens (including phenoxy) is 2. The number of rotatable bonds is 5. The van der Waals surface area contributed by atoms with Crippen LogP contribution in [0.4, 0.5) is 11.5 Å². The van der Waals surface area contributed by atoms with E-state index in [1.54, 1.807) is 14.2 Å². The molecule has 0 fully saturated rings. The van der Waals surface area contributed by atoms with Gasteiger partial charge in [0.15, 0.2) is 5.82 Å². The number of aromatic nitrogens is 2. The molecular formula is C14H19N3O2. The lowest BCUT2D eigenvalue weighted by Gasteiger charge is -2.10. The quantitative estimate of drug-likeness (QED) is 0.867. The van der Waals surface area contributed by atoms with Crippen molar-refractivity contribution in [3.05, 3.63) is 30.0 Å². The van der Waals surface area contributed by atoms with E-state index >= 15 is 0 Å². The average molecular weight is 261 g/mol. The van der Waals surface area contributed by atoms with E-state index in [-0.39, 0.29) is 0 Å². The normalized spacial score (nSPS) is 10.6. The number of aromatic amines is 1. The van der Waals surface area contributed by atoms with Gasteiger partial charge < -0.3 is 14.8 Å². The van der Waals surface area contributed by atoms with Gasteiger partial charge in [0, 0.05) is 17.8 Å². The Hall–Kier alpha value is -2.17. The van der Waals surface area contributed by atoms with Crippen molar-refractivity contribution in [1.82, 2.24) is 10.2 Å². The number of anilines is 2. The summed E-state index contributed by atoms with van der Waals surface area (Å²) in [4.78, 5) is 0. The number of nitrogens with one attached hydrogen (secondary N) is 2. The van der Waals surface area contributed by atoms with Crippen LogP contribution in [0.1, 0.15) is 25.5 Å². The van der Waals surface area contributed by atoms with Gasteiger partial charge in [-0.15, -0.1) is 0 Å². The summed E-state index contributed by atoms with van der Waals surface area (Å²) in [7, 11) is 3.27. The zero-order chi connectivity index (χ0) is 13.8. The summed E-state index contributed by atoms with van der Waals surface area (Å²) >= 11 is 0. The Labute approximate surface area is 112 Å². The highest BCUT2D eigenvalue weighted by Crippen LogP contribution is 2.31. The van der Waals surface area contributed by atoms with Gasteiger partial charge in [-0.2, -0.15) is 5.10 Å². The maximum atomic E-state index is 5.32. The number of nitrogens with zero attached hydrogens (tertiary/aromatic N) is 1. The summed E-state index contributed by atoms with van der Waals surface area (Å²) < 4.78 is 10.5. The fourth-order valence-electron chi connectivity index (χ4n) is 1.75. The molecule has 0 bridgehead atoms. The van der Waals surface area contributed by atoms with Crippen molar-refractivity contribution in [2.24, 2.45) is 0 Å². The smallest absolute Gasteiger partial charge is 0.152 e. The number of H-pyrrole nitrogens is 1. The SMILES string of the molecule is COc1ccc(OC)c(Nc2cc(C(C)C)[nH]n2)c1. The summed E-state index contributed by atoms with van der Waals surface area (Å²) in [6, 6.07) is 7.58. The predicted octanol–water partition coefficient (Wildman–Crippen LogP) is 3.29. The van der Waals surface area contributed by atoms with Crippen LogP contribution in [0.25, 0.3) is 0 Å². The number of hydrogen-bond acceptors (Lipinski definition) is 4. The first kappa shape index (κ1) is 13.3. The highest BCUT2D eigenvalue weighted by atomic mass is 16.5. The second-order valence-electron chi connectivity index (χ2n) is 4.55. The van der Waals surface area contributed by atoms with Gasteiger partial charge in [0.1, 0.15) is 11.5 Å². The molecule has 1 aromatic heterocycles. The molecule has 19 heavy (non-hydrogen) atoms. The van der Waals surface area contributed by atoms with Gasteiger partial charge in [-0.1, -0.05) is 13.8 Å². The molecule has 2 rings (SSSR count). The second kappa shape index (κ2) is 5.65. The minimum atomic E-state index is 0.412. The molecule has 0 radical (unpaired) electrons. The Morgan fingerprint density at radius 1 is 1.16 bits per heavy atom. The van der Waals surface area contributed by atoms with E-state index in [1.807, 2.05) is 24.3 Å². The zero-order valence-electron chi connectivity index (χ0n) is 11.7. The molecule has 5 nitrogen and oxygen atoms in total. The lowest BCUT2D eigenvalue weighted by Crippen LogP contribution is -1.96. The van der Waals surface area contributed by atoms with Crippen LogP contribution in [0.5, 0.6) is 11.5 Å². The summed E-state index contributed by atoms with van der Waals surface area (Å²) in [6.45, 7) is 4.23. The van der Waals surface area contributed by atoms with Crippen molar-refractivity contribution in [3.8, 4) is 11.5 Å². The van der Waals surface area contributed by atoms with Crippen LogP contribution < -0.4 is 14.8 Å². The predicted molar refractivity (Wildman–Crippen MR) is 75.5 cm³/mol. The Morgan fingerprint density at radius 3 is 2.53 bits per heavy atom. The van der Waals surface area contributed by atoms with Gasteiger partial charge in [0.05, 0.1) is 19.9 Å². The van der Waals surface area contributed by atoms with Crippen molar-refractivity contribution >= 4 is 11.5 Å². The first-order chi connectivity index (χ1) is 9.13. The molecule has 0 aliphatic heterocycles. The lowest BCUT2D eigenvalue weighted by molar-refractivity contribution is 0.405. The molecular weight excluding hydrogens is 242 g/mol. The highest BCUT2D eigenvalue weighted by Gasteiger charge is 2.09. The van der Waals surface area contributed by atoms with Crippen molar-refractivity contribution < 1.29 is 9.47 Å². The Morgan fingerprint density at radius 2 is 1.95 bits per heavy atom. The molecule has 5 heteroatoms. The van der Waals surface area contributed by atoms with Crippen LogP contribution in [-0.4, -0.2) is 24.4 Å². The minimum Gasteiger partial charge on any atom is -0.497 e. The van der Waals surface area contributed by atoms with Gasteiger partial charge in [0.2, 0.25) is 0 Å². The molecule has 0 amide bonds. The van der Waals surface area contributed by atoms with Gasteiger partial charge in [-0.3, -0.25) is 5.10 Å². The third-order valence-corrected chi connectivity index (χ3v) is 2.89. The van der Waals surface area contributed by atoms with Crippen molar-refractivity contribution in [2.45, 2.75) is 19.8 Å². The van der Waals surface area contributed by atoms with E-state index in [2.05, 4.69) is 29.4 Å². The average Bonchev–Trinajstić information content (AvgIpc) is 2.87. The summed E-state index contributed by atoms with van der Waals surface area (Å²) in [5.74, 6) is 2.68. The van der Waals surface area contributed by atoms with Crippen molar-refractivity contribution in [3.63, 3.8) is 0 Å². The molecule has 2 aromatic rings. The molecule has 102 valence electrons. The molecule has 0 saturated carbocycles. The lowest BCUT2D eigenvalue weighted by atomic mass is 10.1. The van der Waals surface area contributed by atoms with Crippen molar-refractivity contribution in [2.75, 3.05) is 19.5 Å². The molecule has 0 aliphatic carbocycles. The van der Waals surface area contributed by atoms with Crippen LogP contribution >= 0.6 is 0 Å². The first-order valence-electron chi connectivity index (χ1n) is 6.18. The van der Waals surface area contributed by atoms with Crippen molar-refractivity contribution in [1.29, 1.82) is 0 Å². The van der Waals surface area contributed by atoms with Crippen LogP contribution in [0.2, 0.25) is 0 Å². The standard InChI is InChI=1S/C14H19N3O2/c1-9(2)11-8-14(17-16-11)15-12-7-10(18-3)5-6-13(12)19-4/h5-9H,1-4H3,(H2,15,16,17). The first-order valence-corrected chi connectivity index (χ1v) is 6.18. The van der Waals surface area contributed by atoms with Crippen LogP contribution in [0.3, 0.4) is 0 Å². The van der Waals surface area contributed by atoms with E-state index in [0.717, 1.165) is 28.7 Å². The largest absolute Gasteiger partial charge is 0.497 e. The van der Waals surface area contributed by atoms with E-state index in [1.165, 1.54) is 0 Å². The summed E-state index contributed by atoms with van der Waals surface area (Å²) in [5, 5.41) is 10.5. The van der Waals surface area contributed by atoms with E-state index in [0.29, 0.717) is 5.92 Å². The van der Waals surface area contributed by atoms with E-state index in [9.17, 15) is 0 Å². The molecule has 2 N–H and O–H groups in total. The number of benzene rings is 1. The Balaban J connectivity index is 2.25. The summed E-state index contributed by atoms with van der Waals surface area (Å²) in [6.07, 6.45) is 0. The Bertz CT molecular complexity index is 549. The van der Waals surface area contributed by atoms with Gasteiger partial charge in [-0.05, 0) is 18.1 Å². The Kier molecular flexibility index (Phi) is 3.94. The molecule has 1 aromatic carbocycles. The monoisotopic (exact) mass is 261 g/mol. The molecule has 0 spiro atoms.